The third-order valence-electron chi connectivity index (χ3n) is 3.09. The summed E-state index contributed by atoms with van der Waals surface area (Å²) in [5.74, 6) is -0.693. The van der Waals surface area contributed by atoms with Gasteiger partial charge in [-0.05, 0) is 30.7 Å². The summed E-state index contributed by atoms with van der Waals surface area (Å²) in [4.78, 5) is 13.8. The molecular weight excluding hydrogens is 255 g/mol. The van der Waals surface area contributed by atoms with E-state index >= 15 is 0 Å². The average Bonchev–Trinajstić information content (AvgIpc) is 2.41. The van der Waals surface area contributed by atoms with Crippen molar-refractivity contribution in [2.75, 3.05) is 12.8 Å². The van der Waals surface area contributed by atoms with E-state index in [2.05, 4.69) is 0 Å². The van der Waals surface area contributed by atoms with Gasteiger partial charge in [0.25, 0.3) is 5.91 Å². The molecule has 0 aliphatic heterocycles. The Morgan fingerprint density at radius 2 is 2.00 bits per heavy atom. The number of anilines is 1. The summed E-state index contributed by atoms with van der Waals surface area (Å²) in [6.07, 6.45) is 0. The van der Waals surface area contributed by atoms with Crippen molar-refractivity contribution < 1.29 is 9.18 Å². The molecule has 3 nitrogen and oxygen atoms in total. The predicted molar refractivity (Wildman–Crippen MR) is 77.8 cm³/mol. The predicted octanol–water partition coefficient (Wildman–Crippen LogP) is 2.99. The Bertz CT molecular complexity index is 640. The lowest BCUT2D eigenvalue weighted by Gasteiger charge is -2.18. The number of aryl methyl sites for hydroxylation is 1. The second-order valence-electron chi connectivity index (χ2n) is 4.89. The van der Waals surface area contributed by atoms with Crippen molar-refractivity contribution in [1.82, 2.24) is 4.90 Å². The summed E-state index contributed by atoms with van der Waals surface area (Å²) in [5, 5.41) is 0. The van der Waals surface area contributed by atoms with E-state index < -0.39 is 5.82 Å². The van der Waals surface area contributed by atoms with Crippen LogP contribution in [0, 0.1) is 12.7 Å². The molecule has 0 unspecified atom stereocenters. The van der Waals surface area contributed by atoms with Crippen LogP contribution in [0.15, 0.2) is 42.5 Å². The maximum Gasteiger partial charge on any atom is 0.253 e. The van der Waals surface area contributed by atoms with Crippen LogP contribution in [-0.4, -0.2) is 17.9 Å². The smallest absolute Gasteiger partial charge is 0.253 e. The zero-order valence-corrected chi connectivity index (χ0v) is 11.6. The number of amides is 1. The number of nitrogens with two attached hydrogens (primary N) is 1. The van der Waals surface area contributed by atoms with Gasteiger partial charge in [-0.2, -0.15) is 0 Å². The van der Waals surface area contributed by atoms with Crippen LogP contribution < -0.4 is 5.73 Å². The fourth-order valence-corrected chi connectivity index (χ4v) is 2.05. The SMILES string of the molecule is Cc1cccc(CN(C)C(=O)c2ccc(F)c(N)c2)c1. The van der Waals surface area contributed by atoms with Crippen molar-refractivity contribution >= 4 is 11.6 Å². The molecule has 0 spiro atoms. The van der Waals surface area contributed by atoms with Gasteiger partial charge in [-0.15, -0.1) is 0 Å². The number of benzene rings is 2. The monoisotopic (exact) mass is 272 g/mol. The molecule has 0 saturated carbocycles. The average molecular weight is 272 g/mol. The van der Waals surface area contributed by atoms with Crippen LogP contribution in [-0.2, 0) is 6.54 Å². The number of nitrogen functional groups attached to an aromatic ring is 1. The maximum atomic E-state index is 13.1. The standard InChI is InChI=1S/C16H17FN2O/c1-11-4-3-5-12(8-11)10-19(2)16(20)13-6-7-14(17)15(18)9-13/h3-9H,10,18H2,1-2H3. The van der Waals surface area contributed by atoms with Gasteiger partial charge < -0.3 is 10.6 Å². The van der Waals surface area contributed by atoms with E-state index in [0.717, 1.165) is 11.1 Å². The van der Waals surface area contributed by atoms with Crippen LogP contribution in [0.1, 0.15) is 21.5 Å². The van der Waals surface area contributed by atoms with Crippen LogP contribution in [0.3, 0.4) is 0 Å². The number of halogens is 1. The number of hydrogen-bond acceptors (Lipinski definition) is 2. The summed E-state index contributed by atoms with van der Waals surface area (Å²) in [7, 11) is 1.71. The first-order valence-electron chi connectivity index (χ1n) is 6.33. The number of hydrogen-bond donors (Lipinski definition) is 1. The Hall–Kier alpha value is -2.36. The highest BCUT2D eigenvalue weighted by atomic mass is 19.1. The molecule has 2 aromatic rings. The van der Waals surface area contributed by atoms with Gasteiger partial charge in [0.05, 0.1) is 5.69 Å². The molecule has 4 heteroatoms. The summed E-state index contributed by atoms with van der Waals surface area (Å²) >= 11 is 0. The van der Waals surface area contributed by atoms with Crippen molar-refractivity contribution in [1.29, 1.82) is 0 Å². The van der Waals surface area contributed by atoms with Crippen molar-refractivity contribution in [3.05, 3.63) is 65.0 Å². The highest BCUT2D eigenvalue weighted by molar-refractivity contribution is 5.94. The Kier molecular flexibility index (Phi) is 4.03. The van der Waals surface area contributed by atoms with Gasteiger partial charge in [0.15, 0.2) is 0 Å². The quantitative estimate of drug-likeness (QED) is 0.873. The van der Waals surface area contributed by atoms with Gasteiger partial charge in [-0.25, -0.2) is 4.39 Å². The first-order chi connectivity index (χ1) is 9.47. The summed E-state index contributed by atoms with van der Waals surface area (Å²) in [6.45, 7) is 2.50. The first-order valence-corrected chi connectivity index (χ1v) is 6.33. The van der Waals surface area contributed by atoms with E-state index in [4.69, 9.17) is 5.73 Å². The molecule has 104 valence electrons. The van der Waals surface area contributed by atoms with Crippen LogP contribution in [0.5, 0.6) is 0 Å². The molecule has 0 fully saturated rings. The van der Waals surface area contributed by atoms with Gasteiger partial charge in [0.1, 0.15) is 5.82 Å². The summed E-state index contributed by atoms with van der Waals surface area (Å²) in [6, 6.07) is 12.0. The van der Waals surface area contributed by atoms with Gasteiger partial charge >= 0.3 is 0 Å². The van der Waals surface area contributed by atoms with Gasteiger partial charge in [-0.1, -0.05) is 29.8 Å². The molecule has 0 aliphatic rings. The van der Waals surface area contributed by atoms with Crippen molar-refractivity contribution in [3.8, 4) is 0 Å². The second-order valence-corrected chi connectivity index (χ2v) is 4.89. The lowest BCUT2D eigenvalue weighted by atomic mass is 10.1. The van der Waals surface area contributed by atoms with Gasteiger partial charge in [0, 0.05) is 19.2 Å². The Morgan fingerprint density at radius 3 is 2.65 bits per heavy atom. The molecule has 2 N–H and O–H groups in total. The molecule has 1 amide bonds. The van der Waals surface area contributed by atoms with Crippen molar-refractivity contribution in [2.45, 2.75) is 13.5 Å². The Balaban J connectivity index is 2.14. The highest BCUT2D eigenvalue weighted by Gasteiger charge is 2.13. The zero-order chi connectivity index (χ0) is 14.7. The maximum absolute atomic E-state index is 13.1. The molecule has 0 aliphatic carbocycles. The topological polar surface area (TPSA) is 46.3 Å². The normalized spacial score (nSPS) is 10.3. The van der Waals surface area contributed by atoms with E-state index in [1.165, 1.54) is 18.2 Å². The minimum atomic E-state index is -0.511. The van der Waals surface area contributed by atoms with E-state index in [0.29, 0.717) is 12.1 Å². The molecule has 0 heterocycles. The largest absolute Gasteiger partial charge is 0.396 e. The third-order valence-corrected chi connectivity index (χ3v) is 3.09. The number of nitrogens with zero attached hydrogens (tertiary/aromatic N) is 1. The van der Waals surface area contributed by atoms with Gasteiger partial charge in [-0.3, -0.25) is 4.79 Å². The lowest BCUT2D eigenvalue weighted by molar-refractivity contribution is 0.0785. The molecule has 0 atom stereocenters. The van der Waals surface area contributed by atoms with Crippen molar-refractivity contribution in [3.63, 3.8) is 0 Å². The molecule has 20 heavy (non-hydrogen) atoms. The van der Waals surface area contributed by atoms with Crippen molar-refractivity contribution in [2.24, 2.45) is 0 Å². The third kappa shape index (κ3) is 3.15. The van der Waals surface area contributed by atoms with E-state index in [1.54, 1.807) is 11.9 Å². The van der Waals surface area contributed by atoms with Gasteiger partial charge in [0.2, 0.25) is 0 Å². The van der Waals surface area contributed by atoms with Crippen LogP contribution in [0.2, 0.25) is 0 Å². The highest BCUT2D eigenvalue weighted by Crippen LogP contribution is 2.15. The molecule has 2 rings (SSSR count). The zero-order valence-electron chi connectivity index (χ0n) is 11.6. The molecule has 0 aromatic heterocycles. The van der Waals surface area contributed by atoms with E-state index in [1.807, 2.05) is 31.2 Å². The fraction of sp³-hybridized carbons (Fsp3) is 0.188. The minimum absolute atomic E-state index is 0.0141. The van der Waals surface area contributed by atoms with Crippen LogP contribution in [0.25, 0.3) is 0 Å². The Morgan fingerprint density at radius 1 is 1.25 bits per heavy atom. The second kappa shape index (κ2) is 5.74. The number of carbonyl (C=O) groups is 1. The first kappa shape index (κ1) is 14.1. The molecular formula is C16H17FN2O. The Labute approximate surface area is 117 Å². The lowest BCUT2D eigenvalue weighted by Crippen LogP contribution is -2.26. The van der Waals surface area contributed by atoms with E-state index in [9.17, 15) is 9.18 Å². The van der Waals surface area contributed by atoms with Crippen LogP contribution >= 0.6 is 0 Å². The fourth-order valence-electron chi connectivity index (χ4n) is 2.05. The summed E-state index contributed by atoms with van der Waals surface area (Å²) < 4.78 is 13.1. The molecule has 0 saturated heterocycles. The number of carbonyl (C=O) groups excluding carboxylic acids is 1. The molecule has 2 aromatic carbocycles. The number of rotatable bonds is 3. The minimum Gasteiger partial charge on any atom is -0.396 e. The molecule has 0 radical (unpaired) electrons. The van der Waals surface area contributed by atoms with Crippen LogP contribution in [0.4, 0.5) is 10.1 Å². The molecule has 0 bridgehead atoms. The van der Waals surface area contributed by atoms with E-state index in [-0.39, 0.29) is 11.6 Å². The summed E-state index contributed by atoms with van der Waals surface area (Å²) in [5.41, 5.74) is 8.06.